The first kappa shape index (κ1) is 17.6. The maximum absolute atomic E-state index is 12.5. The van der Waals surface area contributed by atoms with Crippen molar-refractivity contribution >= 4 is 17.2 Å². The Kier molecular flexibility index (Phi) is 5.27. The summed E-state index contributed by atoms with van der Waals surface area (Å²) in [7, 11) is 0. The lowest BCUT2D eigenvalue weighted by Crippen LogP contribution is -2.39. The van der Waals surface area contributed by atoms with Gasteiger partial charge in [-0.25, -0.2) is 0 Å². The van der Waals surface area contributed by atoms with E-state index in [0.717, 1.165) is 41.3 Å². The van der Waals surface area contributed by atoms with Crippen molar-refractivity contribution < 1.29 is 9.53 Å². The minimum Gasteiger partial charge on any atom is -0.488 e. The van der Waals surface area contributed by atoms with Crippen LogP contribution in [0, 0.1) is 0 Å². The van der Waals surface area contributed by atoms with Gasteiger partial charge < -0.3 is 15.0 Å². The van der Waals surface area contributed by atoms with Crippen LogP contribution in [0.2, 0.25) is 0 Å². The molecule has 1 fully saturated rings. The summed E-state index contributed by atoms with van der Waals surface area (Å²) in [6.07, 6.45) is 4.97. The van der Waals surface area contributed by atoms with E-state index in [4.69, 9.17) is 4.74 Å². The van der Waals surface area contributed by atoms with Crippen molar-refractivity contribution in [1.29, 1.82) is 0 Å². The highest BCUT2D eigenvalue weighted by molar-refractivity contribution is 7.17. The molecule has 26 heavy (non-hydrogen) atoms. The van der Waals surface area contributed by atoms with Crippen LogP contribution in [-0.2, 0) is 6.61 Å². The van der Waals surface area contributed by atoms with E-state index in [1.807, 2.05) is 24.3 Å². The Bertz CT molecular complexity index is 786. The van der Waals surface area contributed by atoms with Crippen molar-refractivity contribution in [3.8, 4) is 16.2 Å². The number of hydrogen-bond acceptors (Lipinski definition) is 4. The quantitative estimate of drug-likeness (QED) is 0.798. The number of carbonyl (C=O) groups is 1. The van der Waals surface area contributed by atoms with E-state index in [1.165, 1.54) is 30.7 Å². The fourth-order valence-corrected chi connectivity index (χ4v) is 4.99. The molecular weight excluding hydrogens is 344 g/mol. The third-order valence-electron chi connectivity index (χ3n) is 5.40. The van der Waals surface area contributed by atoms with E-state index >= 15 is 0 Å². The molecule has 0 spiro atoms. The fourth-order valence-electron chi connectivity index (χ4n) is 3.87. The zero-order chi connectivity index (χ0) is 17.9. The molecule has 1 N–H and O–H groups in total. The highest BCUT2D eigenvalue weighted by Crippen LogP contribution is 2.42. The molecule has 1 unspecified atom stereocenters. The van der Waals surface area contributed by atoms with Gasteiger partial charge in [0, 0.05) is 35.1 Å². The number of hydrogen-bond donors (Lipinski definition) is 1. The Morgan fingerprint density at radius 2 is 2.23 bits per heavy atom. The Labute approximate surface area is 159 Å². The maximum atomic E-state index is 12.5. The number of likely N-dealkylation sites (tertiary alicyclic amines) is 1. The number of carbonyl (C=O) groups excluding carboxylic acids is 1. The van der Waals surface area contributed by atoms with Gasteiger partial charge in [0.05, 0.1) is 4.88 Å². The lowest BCUT2D eigenvalue weighted by atomic mass is 10.0. The van der Waals surface area contributed by atoms with Crippen molar-refractivity contribution in [3.63, 3.8) is 0 Å². The number of benzene rings is 1. The van der Waals surface area contributed by atoms with Gasteiger partial charge in [-0.15, -0.1) is 11.3 Å². The second-order valence-corrected chi connectivity index (χ2v) is 8.29. The third kappa shape index (κ3) is 3.64. The van der Waals surface area contributed by atoms with Crippen molar-refractivity contribution in [1.82, 2.24) is 10.2 Å². The summed E-state index contributed by atoms with van der Waals surface area (Å²) >= 11 is 1.57. The topological polar surface area (TPSA) is 41.6 Å². The van der Waals surface area contributed by atoms with Crippen molar-refractivity contribution in [2.45, 2.75) is 45.3 Å². The molecule has 138 valence electrons. The standard InChI is InChI=1S/C21H26N2O2S/c1-15-7-4-5-11-23(15)12-6-10-22-21(24)19-13-16-14-25-18-9-3-2-8-17(18)20(16)26-19/h2-3,8-9,13,15H,4-7,10-12,14H2,1H3,(H,22,24). The van der Waals surface area contributed by atoms with Gasteiger partial charge in [0.2, 0.25) is 0 Å². The van der Waals surface area contributed by atoms with Gasteiger partial charge in [-0.05, 0) is 50.9 Å². The summed E-state index contributed by atoms with van der Waals surface area (Å²) in [5.74, 6) is 0.943. The largest absolute Gasteiger partial charge is 0.488 e. The average molecular weight is 371 g/mol. The van der Waals surface area contributed by atoms with Crippen molar-refractivity contribution in [3.05, 3.63) is 40.8 Å². The Hall–Kier alpha value is -1.85. The Morgan fingerprint density at radius 1 is 1.35 bits per heavy atom. The summed E-state index contributed by atoms with van der Waals surface area (Å²) in [6.45, 7) is 5.87. The number of fused-ring (bicyclic) bond motifs is 3. The molecule has 2 aliphatic rings. The van der Waals surface area contributed by atoms with E-state index in [0.29, 0.717) is 12.6 Å². The number of nitrogens with one attached hydrogen (secondary N) is 1. The fraction of sp³-hybridized carbons (Fsp3) is 0.476. The number of rotatable bonds is 5. The first-order valence-corrected chi connectivity index (χ1v) is 10.4. The average Bonchev–Trinajstić information content (AvgIpc) is 3.11. The number of nitrogens with zero attached hydrogens (tertiary/aromatic N) is 1. The van der Waals surface area contributed by atoms with E-state index in [1.54, 1.807) is 11.3 Å². The second kappa shape index (κ2) is 7.80. The van der Waals surface area contributed by atoms with Crippen LogP contribution in [0.4, 0.5) is 0 Å². The molecule has 0 bridgehead atoms. The van der Waals surface area contributed by atoms with Crippen LogP contribution < -0.4 is 10.1 Å². The van der Waals surface area contributed by atoms with E-state index in [-0.39, 0.29) is 5.91 Å². The smallest absolute Gasteiger partial charge is 0.261 e. The molecule has 4 nitrogen and oxygen atoms in total. The SMILES string of the molecule is CC1CCCCN1CCCNC(=O)c1cc2c(s1)-c1ccccc1OC2. The molecule has 0 aliphatic carbocycles. The number of ether oxygens (including phenoxy) is 1. The summed E-state index contributed by atoms with van der Waals surface area (Å²) in [4.78, 5) is 17.0. The number of piperidine rings is 1. The van der Waals surface area contributed by atoms with Crippen LogP contribution in [-0.4, -0.2) is 36.5 Å². The summed E-state index contributed by atoms with van der Waals surface area (Å²) in [5.41, 5.74) is 2.21. The third-order valence-corrected chi connectivity index (χ3v) is 6.61. The van der Waals surface area contributed by atoms with Crippen LogP contribution in [0.25, 0.3) is 10.4 Å². The number of thiophene rings is 1. The second-order valence-electron chi connectivity index (χ2n) is 7.24. The number of amides is 1. The monoisotopic (exact) mass is 370 g/mol. The van der Waals surface area contributed by atoms with Gasteiger partial charge in [0.1, 0.15) is 12.4 Å². The lowest BCUT2D eigenvalue weighted by molar-refractivity contribution is 0.0953. The molecule has 1 aromatic carbocycles. The molecule has 1 aromatic heterocycles. The lowest BCUT2D eigenvalue weighted by Gasteiger charge is -2.33. The highest BCUT2D eigenvalue weighted by atomic mass is 32.1. The van der Waals surface area contributed by atoms with Crippen LogP contribution in [0.1, 0.15) is 47.8 Å². The normalized spacial score (nSPS) is 19.3. The minimum atomic E-state index is 0.0357. The zero-order valence-electron chi connectivity index (χ0n) is 15.3. The van der Waals surface area contributed by atoms with E-state index in [2.05, 4.69) is 23.2 Å². The van der Waals surface area contributed by atoms with Gasteiger partial charge in [0.15, 0.2) is 0 Å². The molecule has 1 atom stereocenters. The van der Waals surface area contributed by atoms with E-state index in [9.17, 15) is 4.79 Å². The molecule has 2 aromatic rings. The molecule has 2 aliphatic heterocycles. The molecule has 4 rings (SSSR count). The van der Waals surface area contributed by atoms with Crippen LogP contribution in [0.15, 0.2) is 30.3 Å². The van der Waals surface area contributed by atoms with Gasteiger partial charge in [-0.3, -0.25) is 4.79 Å². The minimum absolute atomic E-state index is 0.0357. The van der Waals surface area contributed by atoms with Crippen LogP contribution >= 0.6 is 11.3 Å². The molecule has 0 radical (unpaired) electrons. The van der Waals surface area contributed by atoms with Crippen LogP contribution in [0.5, 0.6) is 5.75 Å². The summed E-state index contributed by atoms with van der Waals surface area (Å²) in [5, 5.41) is 3.09. The highest BCUT2D eigenvalue weighted by Gasteiger charge is 2.22. The van der Waals surface area contributed by atoms with Crippen molar-refractivity contribution in [2.24, 2.45) is 0 Å². The van der Waals surface area contributed by atoms with Gasteiger partial charge in [-0.2, -0.15) is 0 Å². The summed E-state index contributed by atoms with van der Waals surface area (Å²) < 4.78 is 5.79. The maximum Gasteiger partial charge on any atom is 0.261 e. The summed E-state index contributed by atoms with van der Waals surface area (Å²) in [6, 6.07) is 10.7. The molecule has 0 saturated carbocycles. The Balaban J connectivity index is 1.33. The molecular formula is C21H26N2O2S. The van der Waals surface area contributed by atoms with Gasteiger partial charge >= 0.3 is 0 Å². The first-order chi connectivity index (χ1) is 12.7. The Morgan fingerprint density at radius 3 is 3.12 bits per heavy atom. The molecule has 5 heteroatoms. The van der Waals surface area contributed by atoms with Gasteiger partial charge in [0.25, 0.3) is 5.91 Å². The molecule has 1 saturated heterocycles. The zero-order valence-corrected chi connectivity index (χ0v) is 16.1. The first-order valence-electron chi connectivity index (χ1n) is 9.59. The van der Waals surface area contributed by atoms with Gasteiger partial charge in [-0.1, -0.05) is 18.6 Å². The molecule has 1 amide bonds. The van der Waals surface area contributed by atoms with E-state index < -0.39 is 0 Å². The number of para-hydroxylation sites is 1. The molecule has 3 heterocycles. The predicted octanol–water partition coefficient (Wildman–Crippen LogP) is 4.30. The van der Waals surface area contributed by atoms with Crippen molar-refractivity contribution in [2.75, 3.05) is 19.6 Å². The van der Waals surface area contributed by atoms with Crippen LogP contribution in [0.3, 0.4) is 0 Å². The predicted molar refractivity (Wildman–Crippen MR) is 106 cm³/mol.